The van der Waals surface area contributed by atoms with Crippen molar-refractivity contribution in [1.82, 2.24) is 0 Å². The molecule has 0 aliphatic carbocycles. The molecule has 0 unspecified atom stereocenters. The first-order chi connectivity index (χ1) is 10.5. The number of carbonyl (C=O) groups is 2. The molecule has 2 aromatic rings. The van der Waals surface area contributed by atoms with Crippen LogP contribution in [-0.4, -0.2) is 11.9 Å². The van der Waals surface area contributed by atoms with Crippen molar-refractivity contribution in [3.63, 3.8) is 0 Å². The van der Waals surface area contributed by atoms with Crippen LogP contribution in [0.3, 0.4) is 0 Å². The van der Waals surface area contributed by atoms with E-state index in [-0.39, 0.29) is 12.8 Å². The lowest BCUT2D eigenvalue weighted by atomic mass is 10.2. The highest BCUT2D eigenvalue weighted by atomic mass is 16.5. The second kappa shape index (κ2) is 7.41. The summed E-state index contributed by atoms with van der Waals surface area (Å²) in [7, 11) is 0. The van der Waals surface area contributed by atoms with E-state index in [1.807, 2.05) is 38.1 Å². The Morgan fingerprint density at radius 1 is 0.682 bits per heavy atom. The van der Waals surface area contributed by atoms with Crippen LogP contribution in [0.25, 0.3) is 0 Å². The third-order valence-corrected chi connectivity index (χ3v) is 3.04. The molecule has 0 aliphatic rings. The number of benzene rings is 2. The van der Waals surface area contributed by atoms with Crippen molar-refractivity contribution >= 4 is 11.9 Å². The molecular weight excluding hydrogens is 280 g/mol. The molecule has 0 radical (unpaired) electrons. The Bertz CT molecular complexity index is 582. The fraction of sp³-hybridized carbons (Fsp3) is 0.222. The van der Waals surface area contributed by atoms with E-state index in [9.17, 15) is 9.59 Å². The van der Waals surface area contributed by atoms with Crippen molar-refractivity contribution in [3.8, 4) is 11.5 Å². The van der Waals surface area contributed by atoms with Crippen molar-refractivity contribution in [1.29, 1.82) is 0 Å². The molecule has 0 fully saturated rings. The summed E-state index contributed by atoms with van der Waals surface area (Å²) in [6.45, 7) is 3.90. The van der Waals surface area contributed by atoms with Gasteiger partial charge in [-0.25, -0.2) is 0 Å². The maximum absolute atomic E-state index is 11.7. The fourth-order valence-electron chi connectivity index (χ4n) is 1.78. The zero-order valence-electron chi connectivity index (χ0n) is 12.7. The van der Waals surface area contributed by atoms with Gasteiger partial charge in [0.05, 0.1) is 12.8 Å². The molecule has 0 heterocycles. The van der Waals surface area contributed by atoms with Crippen molar-refractivity contribution in [2.45, 2.75) is 26.7 Å². The van der Waals surface area contributed by atoms with Gasteiger partial charge in [0, 0.05) is 0 Å². The molecule has 0 aromatic heterocycles. The van der Waals surface area contributed by atoms with Gasteiger partial charge in [-0.15, -0.1) is 0 Å². The summed E-state index contributed by atoms with van der Waals surface area (Å²) in [5.74, 6) is 0.0411. The molecule has 0 atom stereocenters. The summed E-state index contributed by atoms with van der Waals surface area (Å²) in [5.41, 5.74) is 2.17. The zero-order valence-corrected chi connectivity index (χ0v) is 12.7. The van der Waals surface area contributed by atoms with Crippen molar-refractivity contribution < 1.29 is 19.1 Å². The molecule has 0 amide bonds. The second-order valence-electron chi connectivity index (χ2n) is 5.07. The Morgan fingerprint density at radius 3 is 1.32 bits per heavy atom. The van der Waals surface area contributed by atoms with Gasteiger partial charge in [0.25, 0.3) is 0 Å². The first-order valence-electron chi connectivity index (χ1n) is 7.07. The van der Waals surface area contributed by atoms with Crippen molar-refractivity contribution in [2.24, 2.45) is 0 Å². The largest absolute Gasteiger partial charge is 0.427 e. The van der Waals surface area contributed by atoms with Gasteiger partial charge in [-0.1, -0.05) is 35.4 Å². The Balaban J connectivity index is 1.76. The number of rotatable bonds is 5. The maximum atomic E-state index is 11.7. The minimum absolute atomic E-state index is 0.0153. The maximum Gasteiger partial charge on any atom is 0.311 e. The smallest absolute Gasteiger partial charge is 0.311 e. The Morgan fingerprint density at radius 2 is 1.00 bits per heavy atom. The summed E-state index contributed by atoms with van der Waals surface area (Å²) < 4.78 is 10.3. The molecule has 2 aromatic carbocycles. The van der Waals surface area contributed by atoms with E-state index < -0.39 is 11.9 Å². The fourth-order valence-corrected chi connectivity index (χ4v) is 1.78. The molecule has 22 heavy (non-hydrogen) atoms. The predicted molar refractivity (Wildman–Crippen MR) is 82.9 cm³/mol. The normalized spacial score (nSPS) is 10.1. The van der Waals surface area contributed by atoms with Crippen LogP contribution in [0.1, 0.15) is 24.0 Å². The highest BCUT2D eigenvalue weighted by Gasteiger charge is 2.11. The number of hydrogen-bond donors (Lipinski definition) is 0. The molecular formula is C18H18O4. The first kappa shape index (κ1) is 15.8. The van der Waals surface area contributed by atoms with E-state index >= 15 is 0 Å². The third-order valence-electron chi connectivity index (χ3n) is 3.04. The summed E-state index contributed by atoms with van der Waals surface area (Å²) in [6, 6.07) is 14.3. The lowest BCUT2D eigenvalue weighted by molar-refractivity contribution is -0.140. The second-order valence-corrected chi connectivity index (χ2v) is 5.07. The van der Waals surface area contributed by atoms with E-state index in [4.69, 9.17) is 9.47 Å². The van der Waals surface area contributed by atoms with Crippen LogP contribution in [0.5, 0.6) is 11.5 Å². The SMILES string of the molecule is Cc1ccc(OC(=O)CCC(=O)Oc2ccc(C)cc2)cc1. The van der Waals surface area contributed by atoms with Crippen molar-refractivity contribution in [3.05, 3.63) is 59.7 Å². The van der Waals surface area contributed by atoms with Crippen molar-refractivity contribution in [2.75, 3.05) is 0 Å². The van der Waals surface area contributed by atoms with E-state index in [1.165, 1.54) is 0 Å². The Labute approximate surface area is 129 Å². The van der Waals surface area contributed by atoms with Crippen LogP contribution in [0, 0.1) is 13.8 Å². The molecule has 0 spiro atoms. The lowest BCUT2D eigenvalue weighted by Crippen LogP contribution is -2.14. The van der Waals surface area contributed by atoms with E-state index in [1.54, 1.807) is 24.3 Å². The minimum atomic E-state index is -0.454. The summed E-state index contributed by atoms with van der Waals surface area (Å²) in [6.07, 6.45) is -0.0306. The number of aryl methyl sites for hydroxylation is 2. The predicted octanol–water partition coefficient (Wildman–Crippen LogP) is 3.59. The lowest BCUT2D eigenvalue weighted by Gasteiger charge is -2.06. The van der Waals surface area contributed by atoms with Gasteiger partial charge in [0.2, 0.25) is 0 Å². The Kier molecular flexibility index (Phi) is 5.31. The molecule has 0 N–H and O–H groups in total. The van der Waals surface area contributed by atoms with Gasteiger partial charge in [-0.3, -0.25) is 9.59 Å². The quantitative estimate of drug-likeness (QED) is 0.625. The number of carbonyl (C=O) groups excluding carboxylic acids is 2. The highest BCUT2D eigenvalue weighted by molar-refractivity contribution is 5.80. The zero-order chi connectivity index (χ0) is 15.9. The molecule has 114 valence electrons. The minimum Gasteiger partial charge on any atom is -0.427 e. The number of esters is 2. The van der Waals surface area contributed by atoms with Gasteiger partial charge >= 0.3 is 11.9 Å². The molecule has 0 saturated carbocycles. The average Bonchev–Trinajstić information content (AvgIpc) is 2.50. The molecule has 0 aliphatic heterocycles. The molecule has 0 bridgehead atoms. The summed E-state index contributed by atoms with van der Waals surface area (Å²) in [5, 5.41) is 0. The average molecular weight is 298 g/mol. The molecule has 2 rings (SSSR count). The van der Waals surface area contributed by atoms with Crippen LogP contribution in [0.2, 0.25) is 0 Å². The van der Waals surface area contributed by atoms with Crippen LogP contribution in [0.4, 0.5) is 0 Å². The van der Waals surface area contributed by atoms with E-state index in [2.05, 4.69) is 0 Å². The molecule has 4 nitrogen and oxygen atoms in total. The standard InChI is InChI=1S/C18H18O4/c1-13-3-7-15(8-4-13)21-17(19)11-12-18(20)22-16-9-5-14(2)6-10-16/h3-10H,11-12H2,1-2H3. The van der Waals surface area contributed by atoms with Crippen LogP contribution >= 0.6 is 0 Å². The van der Waals surface area contributed by atoms with Gasteiger partial charge in [-0.2, -0.15) is 0 Å². The van der Waals surface area contributed by atoms with Gasteiger partial charge < -0.3 is 9.47 Å². The molecule has 4 heteroatoms. The number of ether oxygens (including phenoxy) is 2. The Hall–Kier alpha value is -2.62. The van der Waals surface area contributed by atoms with Gasteiger partial charge in [0.1, 0.15) is 11.5 Å². The summed E-state index contributed by atoms with van der Waals surface area (Å²) >= 11 is 0. The topological polar surface area (TPSA) is 52.6 Å². The van der Waals surface area contributed by atoms with E-state index in [0.717, 1.165) is 11.1 Å². The van der Waals surface area contributed by atoms with Gasteiger partial charge in [-0.05, 0) is 38.1 Å². The molecule has 0 saturated heterocycles. The first-order valence-corrected chi connectivity index (χ1v) is 7.07. The highest BCUT2D eigenvalue weighted by Crippen LogP contribution is 2.14. The van der Waals surface area contributed by atoms with Gasteiger partial charge in [0.15, 0.2) is 0 Å². The van der Waals surface area contributed by atoms with Crippen LogP contribution in [0.15, 0.2) is 48.5 Å². The van der Waals surface area contributed by atoms with E-state index in [0.29, 0.717) is 11.5 Å². The van der Waals surface area contributed by atoms with Crippen LogP contribution < -0.4 is 9.47 Å². The summed E-state index contributed by atoms with van der Waals surface area (Å²) in [4.78, 5) is 23.3. The monoisotopic (exact) mass is 298 g/mol. The number of hydrogen-bond acceptors (Lipinski definition) is 4. The third kappa shape index (κ3) is 5.05. The van der Waals surface area contributed by atoms with Crippen LogP contribution in [-0.2, 0) is 9.59 Å².